The molecule has 0 bridgehead atoms. The average Bonchev–Trinajstić information content (AvgIpc) is 3.45. The summed E-state index contributed by atoms with van der Waals surface area (Å²) in [6.45, 7) is 1.76. The van der Waals surface area contributed by atoms with E-state index in [2.05, 4.69) is 0 Å². The van der Waals surface area contributed by atoms with E-state index in [9.17, 15) is 14.7 Å². The van der Waals surface area contributed by atoms with Crippen molar-refractivity contribution in [2.75, 3.05) is 4.90 Å². The Morgan fingerprint density at radius 3 is 2.45 bits per heavy atom. The largest absolute Gasteiger partial charge is 0.503 e. The number of aliphatic hydroxyl groups is 1. The third-order valence-corrected chi connectivity index (χ3v) is 5.49. The second kappa shape index (κ2) is 7.18. The molecule has 1 N–H and O–H groups in total. The Bertz CT molecular complexity index is 1330. The van der Waals surface area contributed by atoms with Gasteiger partial charge in [0.15, 0.2) is 11.5 Å². The number of anilines is 1. The van der Waals surface area contributed by atoms with Crippen LogP contribution < -0.4 is 4.90 Å². The zero-order valence-electron chi connectivity index (χ0n) is 16.3. The quantitative estimate of drug-likeness (QED) is 0.413. The predicted octanol–water partition coefficient (Wildman–Crippen LogP) is 5.77. The van der Waals surface area contributed by atoms with Crippen LogP contribution in [-0.4, -0.2) is 16.8 Å². The summed E-state index contributed by atoms with van der Waals surface area (Å²) in [4.78, 5) is 27.8. The Morgan fingerprint density at radius 2 is 1.77 bits per heavy atom. The minimum Gasteiger partial charge on any atom is -0.503 e. The molecular formula is C24H16ClNO5. The first-order chi connectivity index (χ1) is 14.9. The molecule has 0 spiro atoms. The lowest BCUT2D eigenvalue weighted by molar-refractivity contribution is -0.117. The highest BCUT2D eigenvalue weighted by atomic mass is 35.5. The number of ketones is 1. The average molecular weight is 434 g/mol. The highest BCUT2D eigenvalue weighted by Gasteiger charge is 2.46. The molecule has 0 saturated heterocycles. The van der Waals surface area contributed by atoms with Gasteiger partial charge in [-0.3, -0.25) is 14.5 Å². The minimum absolute atomic E-state index is 0.0294. The number of aryl methyl sites for hydroxylation is 1. The van der Waals surface area contributed by atoms with Crippen LogP contribution in [0, 0.1) is 6.92 Å². The Labute approximate surface area is 181 Å². The second-order valence-corrected chi connectivity index (χ2v) is 7.68. The summed E-state index contributed by atoms with van der Waals surface area (Å²) in [6, 6.07) is 17.8. The molecule has 6 nitrogen and oxygen atoms in total. The number of para-hydroxylation sites is 1. The van der Waals surface area contributed by atoms with Crippen molar-refractivity contribution in [2.45, 2.75) is 13.0 Å². The summed E-state index contributed by atoms with van der Waals surface area (Å²) in [7, 11) is 0. The summed E-state index contributed by atoms with van der Waals surface area (Å²) >= 11 is 5.99. The number of nitrogens with zero attached hydrogens (tertiary/aromatic N) is 1. The van der Waals surface area contributed by atoms with Gasteiger partial charge >= 0.3 is 0 Å². The highest BCUT2D eigenvalue weighted by Crippen LogP contribution is 2.43. The van der Waals surface area contributed by atoms with E-state index in [0.717, 1.165) is 5.39 Å². The SMILES string of the molecule is Cc1ccc(C2C(C(=O)c3cc4ccccc4o3)=C(O)C(=O)N2c2ccc(Cl)cc2)o1. The maximum absolute atomic E-state index is 13.4. The van der Waals surface area contributed by atoms with Gasteiger partial charge in [0.25, 0.3) is 5.91 Å². The number of hydrogen-bond acceptors (Lipinski definition) is 5. The number of furan rings is 2. The van der Waals surface area contributed by atoms with E-state index in [1.54, 1.807) is 61.5 Å². The van der Waals surface area contributed by atoms with Crippen LogP contribution in [0.2, 0.25) is 5.02 Å². The van der Waals surface area contributed by atoms with E-state index in [-0.39, 0.29) is 11.3 Å². The number of halogens is 1. The number of amides is 1. The molecule has 154 valence electrons. The minimum atomic E-state index is -0.955. The first kappa shape index (κ1) is 19.2. The molecule has 1 aliphatic heterocycles. The van der Waals surface area contributed by atoms with Crippen molar-refractivity contribution in [3.8, 4) is 0 Å². The van der Waals surface area contributed by atoms with Crippen molar-refractivity contribution in [3.05, 3.63) is 100 Å². The van der Waals surface area contributed by atoms with Crippen molar-refractivity contribution in [1.29, 1.82) is 0 Å². The van der Waals surface area contributed by atoms with Crippen LogP contribution in [0.15, 0.2) is 86.9 Å². The fraction of sp³-hybridized carbons (Fsp3) is 0.0833. The lowest BCUT2D eigenvalue weighted by Gasteiger charge is -2.24. The number of benzene rings is 2. The topological polar surface area (TPSA) is 83.9 Å². The molecular weight excluding hydrogens is 418 g/mol. The van der Waals surface area contributed by atoms with Crippen LogP contribution >= 0.6 is 11.6 Å². The van der Waals surface area contributed by atoms with Gasteiger partial charge in [-0.05, 0) is 55.5 Å². The molecule has 0 radical (unpaired) electrons. The van der Waals surface area contributed by atoms with Crippen LogP contribution in [-0.2, 0) is 4.79 Å². The molecule has 0 aliphatic carbocycles. The van der Waals surface area contributed by atoms with Crippen molar-refractivity contribution in [3.63, 3.8) is 0 Å². The monoisotopic (exact) mass is 433 g/mol. The second-order valence-electron chi connectivity index (χ2n) is 7.24. The number of carbonyl (C=O) groups excluding carboxylic acids is 2. The van der Waals surface area contributed by atoms with Crippen molar-refractivity contribution in [1.82, 2.24) is 0 Å². The van der Waals surface area contributed by atoms with Crippen LogP contribution in [0.25, 0.3) is 11.0 Å². The van der Waals surface area contributed by atoms with Gasteiger partial charge in [0.05, 0.1) is 5.57 Å². The number of aliphatic hydroxyl groups excluding tert-OH is 1. The van der Waals surface area contributed by atoms with E-state index in [1.165, 1.54) is 4.90 Å². The first-order valence-electron chi connectivity index (χ1n) is 9.56. The molecule has 1 aliphatic rings. The molecule has 0 saturated carbocycles. The maximum atomic E-state index is 13.4. The molecule has 4 aromatic rings. The molecule has 7 heteroatoms. The van der Waals surface area contributed by atoms with Gasteiger partial charge < -0.3 is 13.9 Å². The van der Waals surface area contributed by atoms with Gasteiger partial charge in [-0.1, -0.05) is 29.8 Å². The van der Waals surface area contributed by atoms with E-state index in [0.29, 0.717) is 27.8 Å². The zero-order valence-corrected chi connectivity index (χ0v) is 17.1. The third kappa shape index (κ3) is 3.12. The van der Waals surface area contributed by atoms with Crippen molar-refractivity contribution < 1.29 is 23.5 Å². The van der Waals surface area contributed by atoms with Gasteiger partial charge in [-0.25, -0.2) is 0 Å². The molecule has 3 heterocycles. The molecule has 1 amide bonds. The van der Waals surface area contributed by atoms with Gasteiger partial charge in [0.2, 0.25) is 5.78 Å². The fourth-order valence-electron chi connectivity index (χ4n) is 3.80. The smallest absolute Gasteiger partial charge is 0.294 e. The van der Waals surface area contributed by atoms with Gasteiger partial charge in [0.1, 0.15) is 23.1 Å². The summed E-state index contributed by atoms with van der Waals surface area (Å²) in [5.41, 5.74) is 0.899. The van der Waals surface area contributed by atoms with E-state index >= 15 is 0 Å². The Balaban J connectivity index is 1.65. The predicted molar refractivity (Wildman–Crippen MR) is 115 cm³/mol. The Hall–Kier alpha value is -3.77. The Kier molecular flexibility index (Phi) is 4.45. The number of Topliss-reactive ketones (excluding diaryl/α,β-unsaturated/α-hetero) is 1. The lowest BCUT2D eigenvalue weighted by atomic mass is 9.99. The number of carbonyl (C=O) groups is 2. The Morgan fingerprint density at radius 1 is 1.03 bits per heavy atom. The van der Waals surface area contributed by atoms with Gasteiger partial charge in [-0.2, -0.15) is 0 Å². The number of rotatable bonds is 4. The van der Waals surface area contributed by atoms with E-state index in [1.807, 2.05) is 12.1 Å². The summed E-state index contributed by atoms with van der Waals surface area (Å²) in [6.07, 6.45) is 0. The molecule has 2 aromatic heterocycles. The van der Waals surface area contributed by atoms with E-state index in [4.69, 9.17) is 20.4 Å². The number of fused-ring (bicyclic) bond motifs is 1. The van der Waals surface area contributed by atoms with Gasteiger partial charge in [0, 0.05) is 16.1 Å². The molecule has 2 aromatic carbocycles. The maximum Gasteiger partial charge on any atom is 0.294 e. The summed E-state index contributed by atoms with van der Waals surface area (Å²) in [5.74, 6) is -0.940. The van der Waals surface area contributed by atoms with Crippen LogP contribution in [0.4, 0.5) is 5.69 Å². The van der Waals surface area contributed by atoms with E-state index < -0.39 is 23.5 Å². The van der Waals surface area contributed by atoms with Crippen LogP contribution in [0.1, 0.15) is 28.1 Å². The highest BCUT2D eigenvalue weighted by molar-refractivity contribution is 6.30. The molecule has 1 unspecified atom stereocenters. The lowest BCUT2D eigenvalue weighted by Crippen LogP contribution is -2.30. The first-order valence-corrected chi connectivity index (χ1v) is 9.93. The van der Waals surface area contributed by atoms with Gasteiger partial charge in [-0.15, -0.1) is 0 Å². The third-order valence-electron chi connectivity index (χ3n) is 5.24. The summed E-state index contributed by atoms with van der Waals surface area (Å²) < 4.78 is 11.5. The van der Waals surface area contributed by atoms with Crippen LogP contribution in [0.3, 0.4) is 0 Å². The van der Waals surface area contributed by atoms with Crippen molar-refractivity contribution in [2.24, 2.45) is 0 Å². The number of hydrogen-bond donors (Lipinski definition) is 1. The summed E-state index contributed by atoms with van der Waals surface area (Å²) in [5, 5.41) is 12.0. The fourth-order valence-corrected chi connectivity index (χ4v) is 3.93. The molecule has 0 fully saturated rings. The molecule has 31 heavy (non-hydrogen) atoms. The molecule has 5 rings (SSSR count). The normalized spacial score (nSPS) is 16.5. The zero-order chi connectivity index (χ0) is 21.7. The molecule has 1 atom stereocenters. The van der Waals surface area contributed by atoms with Crippen molar-refractivity contribution >= 4 is 39.9 Å². The standard InChI is InChI=1S/C24H16ClNO5/c1-13-6-11-18(30-13)21-20(22(27)19-12-14-4-2-3-5-17(14)31-19)23(28)24(29)26(21)16-9-7-15(25)8-10-16/h2-12,21,28H,1H3. The van der Waals surface area contributed by atoms with Crippen LogP contribution in [0.5, 0.6) is 0 Å².